The second-order valence-electron chi connectivity index (χ2n) is 3.59. The first-order chi connectivity index (χ1) is 4.45. The molecule has 2 heteroatoms. The fourth-order valence-electron chi connectivity index (χ4n) is 0.707. The highest BCUT2D eigenvalue weighted by Gasteiger charge is 2.13. The van der Waals surface area contributed by atoms with E-state index in [1.54, 1.807) is 0 Å². The van der Waals surface area contributed by atoms with Gasteiger partial charge in [-0.1, -0.05) is 20.8 Å². The fraction of sp³-hybridized carbons (Fsp3) is 0.875. The van der Waals surface area contributed by atoms with Crippen LogP contribution in [0.5, 0.6) is 0 Å². The summed E-state index contributed by atoms with van der Waals surface area (Å²) in [6.45, 7) is 8.80. The van der Waals surface area contributed by atoms with E-state index in [9.17, 15) is 0 Å². The van der Waals surface area contributed by atoms with Crippen molar-refractivity contribution in [3.8, 4) is 0 Å². The van der Waals surface area contributed by atoms with Gasteiger partial charge in [-0.3, -0.25) is 5.41 Å². The summed E-state index contributed by atoms with van der Waals surface area (Å²) in [6, 6.07) is 0. The van der Waals surface area contributed by atoms with E-state index in [0.29, 0.717) is 12.5 Å². The third kappa shape index (κ3) is 5.60. The van der Waals surface area contributed by atoms with E-state index >= 15 is 0 Å². The molecular formula is C8H17NO. The Kier molecular flexibility index (Phi) is 3.40. The van der Waals surface area contributed by atoms with E-state index in [2.05, 4.69) is 20.8 Å². The van der Waals surface area contributed by atoms with Crippen LogP contribution in [0.1, 0.15) is 34.1 Å². The molecule has 0 amide bonds. The Morgan fingerprint density at radius 1 is 1.40 bits per heavy atom. The maximum absolute atomic E-state index is 7.32. The normalized spacial score (nSPS) is 11.2. The molecule has 0 aliphatic carbocycles. The summed E-state index contributed by atoms with van der Waals surface area (Å²) >= 11 is 0. The van der Waals surface area contributed by atoms with E-state index < -0.39 is 0 Å². The van der Waals surface area contributed by atoms with Gasteiger partial charge in [0.15, 0.2) is 5.90 Å². The van der Waals surface area contributed by atoms with E-state index in [1.807, 2.05) is 6.92 Å². The van der Waals surface area contributed by atoms with Gasteiger partial charge in [-0.2, -0.15) is 0 Å². The minimum atomic E-state index is 0.173. The Balaban J connectivity index is 3.58. The van der Waals surface area contributed by atoms with Gasteiger partial charge in [-0.25, -0.2) is 0 Å². The molecule has 0 aromatic carbocycles. The lowest BCUT2D eigenvalue weighted by molar-refractivity contribution is 0.289. The zero-order valence-electron chi connectivity index (χ0n) is 7.32. The summed E-state index contributed by atoms with van der Waals surface area (Å²) < 4.78 is 5.00. The predicted octanol–water partition coefficient (Wildman–Crippen LogP) is 2.44. The smallest absolute Gasteiger partial charge is 0.180 e. The first-order valence-corrected chi connectivity index (χ1v) is 3.66. The highest BCUT2D eigenvalue weighted by atomic mass is 16.5. The first-order valence-electron chi connectivity index (χ1n) is 3.66. The van der Waals surface area contributed by atoms with Crippen LogP contribution in [0, 0.1) is 10.8 Å². The third-order valence-corrected chi connectivity index (χ3v) is 1.01. The number of nitrogens with one attached hydrogen (secondary N) is 1. The van der Waals surface area contributed by atoms with Crippen molar-refractivity contribution in [3.63, 3.8) is 0 Å². The van der Waals surface area contributed by atoms with Crippen molar-refractivity contribution in [2.75, 3.05) is 6.61 Å². The van der Waals surface area contributed by atoms with Crippen LogP contribution in [0.4, 0.5) is 0 Å². The van der Waals surface area contributed by atoms with Crippen molar-refractivity contribution in [2.24, 2.45) is 5.41 Å². The molecule has 60 valence electrons. The van der Waals surface area contributed by atoms with Gasteiger partial charge in [-0.15, -0.1) is 0 Å². The molecule has 0 bridgehead atoms. The number of hydrogen-bond acceptors (Lipinski definition) is 2. The van der Waals surface area contributed by atoms with Crippen molar-refractivity contribution in [3.05, 3.63) is 0 Å². The second-order valence-corrected chi connectivity index (χ2v) is 3.59. The third-order valence-electron chi connectivity index (χ3n) is 1.01. The highest BCUT2D eigenvalue weighted by molar-refractivity contribution is 5.73. The molecule has 0 rings (SSSR count). The minimum absolute atomic E-state index is 0.173. The molecule has 0 aliphatic heterocycles. The molecule has 2 nitrogen and oxygen atoms in total. The van der Waals surface area contributed by atoms with Crippen LogP contribution in [-0.4, -0.2) is 12.5 Å². The molecule has 0 aliphatic rings. The van der Waals surface area contributed by atoms with Crippen LogP contribution in [-0.2, 0) is 4.74 Å². The van der Waals surface area contributed by atoms with Crippen molar-refractivity contribution in [2.45, 2.75) is 34.1 Å². The van der Waals surface area contributed by atoms with Gasteiger partial charge in [0.05, 0.1) is 6.61 Å². The summed E-state index contributed by atoms with van der Waals surface area (Å²) in [6.07, 6.45) is 0.723. The molecule has 10 heavy (non-hydrogen) atoms. The van der Waals surface area contributed by atoms with Crippen LogP contribution < -0.4 is 0 Å². The van der Waals surface area contributed by atoms with E-state index in [0.717, 1.165) is 6.42 Å². The van der Waals surface area contributed by atoms with Gasteiger partial charge in [-0.05, 0) is 12.3 Å². The molecule has 0 saturated carbocycles. The predicted molar refractivity (Wildman–Crippen MR) is 43.4 cm³/mol. The number of hydrogen-bond donors (Lipinski definition) is 1. The molecule has 1 N–H and O–H groups in total. The van der Waals surface area contributed by atoms with Crippen molar-refractivity contribution < 1.29 is 4.74 Å². The van der Waals surface area contributed by atoms with Gasteiger partial charge in [0.1, 0.15) is 0 Å². The second kappa shape index (κ2) is 3.59. The number of rotatable bonds is 2. The molecule has 0 aromatic heterocycles. The summed E-state index contributed by atoms with van der Waals surface area (Å²) in [4.78, 5) is 0. The van der Waals surface area contributed by atoms with Crippen LogP contribution in [0.2, 0.25) is 0 Å². The Morgan fingerprint density at radius 2 is 1.90 bits per heavy atom. The SMILES string of the molecule is CCOC(=N)CC(C)(C)C. The standard InChI is InChI=1S/C8H17NO/c1-5-10-7(9)6-8(2,3)4/h9H,5-6H2,1-4H3. The maximum atomic E-state index is 7.32. The molecule has 0 spiro atoms. The molecule has 0 fully saturated rings. The average molecular weight is 143 g/mol. The quantitative estimate of drug-likeness (QED) is 0.467. The molecule has 0 unspecified atom stereocenters. The van der Waals surface area contributed by atoms with E-state index in [-0.39, 0.29) is 5.41 Å². The molecule has 0 heterocycles. The van der Waals surface area contributed by atoms with Gasteiger partial charge in [0.2, 0.25) is 0 Å². The van der Waals surface area contributed by atoms with Gasteiger partial charge in [0, 0.05) is 6.42 Å². The Hall–Kier alpha value is -0.530. The lowest BCUT2D eigenvalue weighted by atomic mass is 9.92. The molecule has 0 saturated heterocycles. The van der Waals surface area contributed by atoms with Gasteiger partial charge >= 0.3 is 0 Å². The topological polar surface area (TPSA) is 33.1 Å². The largest absolute Gasteiger partial charge is 0.481 e. The van der Waals surface area contributed by atoms with Crippen molar-refractivity contribution >= 4 is 5.90 Å². The van der Waals surface area contributed by atoms with E-state index in [1.165, 1.54) is 0 Å². The minimum Gasteiger partial charge on any atom is -0.481 e. The Bertz CT molecular complexity index is 113. The van der Waals surface area contributed by atoms with Crippen LogP contribution >= 0.6 is 0 Å². The zero-order valence-corrected chi connectivity index (χ0v) is 7.32. The summed E-state index contributed by atoms with van der Waals surface area (Å²) in [7, 11) is 0. The van der Waals surface area contributed by atoms with Crippen LogP contribution in [0.3, 0.4) is 0 Å². The van der Waals surface area contributed by atoms with Crippen LogP contribution in [0.25, 0.3) is 0 Å². The van der Waals surface area contributed by atoms with E-state index in [4.69, 9.17) is 10.1 Å². The molecule has 0 radical (unpaired) electrons. The van der Waals surface area contributed by atoms with Crippen LogP contribution in [0.15, 0.2) is 0 Å². The van der Waals surface area contributed by atoms with Gasteiger partial charge < -0.3 is 4.74 Å². The lowest BCUT2D eigenvalue weighted by Crippen LogP contribution is -2.14. The average Bonchev–Trinajstić information content (AvgIpc) is 1.59. The lowest BCUT2D eigenvalue weighted by Gasteiger charge is -2.17. The summed E-state index contributed by atoms with van der Waals surface area (Å²) in [5, 5.41) is 7.32. The number of ether oxygens (including phenoxy) is 1. The van der Waals surface area contributed by atoms with Gasteiger partial charge in [0.25, 0.3) is 0 Å². The Morgan fingerprint density at radius 3 is 2.20 bits per heavy atom. The monoisotopic (exact) mass is 143 g/mol. The van der Waals surface area contributed by atoms with Crippen molar-refractivity contribution in [1.29, 1.82) is 5.41 Å². The first kappa shape index (κ1) is 9.47. The van der Waals surface area contributed by atoms with Crippen molar-refractivity contribution in [1.82, 2.24) is 0 Å². The summed E-state index contributed by atoms with van der Waals surface area (Å²) in [5.41, 5.74) is 0.173. The molecular weight excluding hydrogens is 126 g/mol. The highest BCUT2D eigenvalue weighted by Crippen LogP contribution is 2.18. The summed E-state index contributed by atoms with van der Waals surface area (Å²) in [5.74, 6) is 0.398. The Labute approximate surface area is 63.1 Å². The zero-order chi connectivity index (χ0) is 8.20. The molecule has 0 aromatic rings. The molecule has 0 atom stereocenters. The fourth-order valence-corrected chi connectivity index (χ4v) is 0.707. The maximum Gasteiger partial charge on any atom is 0.180 e.